The molecule has 0 aliphatic carbocycles. The number of nitro groups is 1. The van der Waals surface area contributed by atoms with Crippen LogP contribution in [0.2, 0.25) is 5.02 Å². The molecule has 0 bridgehead atoms. The second-order valence-corrected chi connectivity index (χ2v) is 10.3. The van der Waals surface area contributed by atoms with Gasteiger partial charge >= 0.3 is 5.97 Å². The molecule has 0 aliphatic heterocycles. The Balaban J connectivity index is 2.25. The third kappa shape index (κ3) is 7.88. The highest BCUT2D eigenvalue weighted by Crippen LogP contribution is 2.26. The van der Waals surface area contributed by atoms with Crippen molar-refractivity contribution >= 4 is 44.7 Å². The van der Waals surface area contributed by atoms with Crippen molar-refractivity contribution in [2.45, 2.75) is 43.7 Å². The number of ether oxygens (including phenoxy) is 1. The molecule has 0 aliphatic rings. The van der Waals surface area contributed by atoms with Crippen LogP contribution in [-0.2, 0) is 19.6 Å². The lowest BCUT2D eigenvalue weighted by Gasteiger charge is -2.24. The molecule has 1 atom stereocenters. The molecular formula is C21H27ClN4O6S. The fraction of sp³-hybridized carbons (Fsp3) is 0.381. The Labute approximate surface area is 197 Å². The molecule has 180 valence electrons. The average Bonchev–Trinajstić information content (AvgIpc) is 2.71. The van der Waals surface area contributed by atoms with Crippen molar-refractivity contribution in [3.8, 4) is 0 Å². The highest BCUT2D eigenvalue weighted by molar-refractivity contribution is 7.89. The van der Waals surface area contributed by atoms with Crippen LogP contribution in [0.4, 0.5) is 17.1 Å². The van der Waals surface area contributed by atoms with Crippen LogP contribution in [0, 0.1) is 10.1 Å². The van der Waals surface area contributed by atoms with Crippen LogP contribution in [0.1, 0.15) is 27.2 Å². The summed E-state index contributed by atoms with van der Waals surface area (Å²) in [5.74, 6) is -0.539. The second-order valence-electron chi connectivity index (χ2n) is 8.15. The standard InChI is InChI=1S/C21H27ClN4O6S/c1-21(2,3)32-20(27)12-15(25-14-9-10-17(23-4)16(22)11-14)13-24-33(30,31)19-8-6-5-7-18(19)26(28)29/h5-11,15,23-25H,12-13H2,1-4H3/t15-/m0/s1. The summed E-state index contributed by atoms with van der Waals surface area (Å²) >= 11 is 6.21. The van der Waals surface area contributed by atoms with Gasteiger partial charge in [-0.15, -0.1) is 0 Å². The minimum atomic E-state index is -4.23. The van der Waals surface area contributed by atoms with Gasteiger partial charge in [0.1, 0.15) is 5.60 Å². The number of carbonyl (C=O) groups is 1. The first-order chi connectivity index (χ1) is 15.3. The van der Waals surface area contributed by atoms with Crippen LogP contribution in [0.5, 0.6) is 0 Å². The van der Waals surface area contributed by atoms with Crippen LogP contribution in [0.3, 0.4) is 0 Å². The predicted octanol–water partition coefficient (Wildman–Crippen LogP) is 3.78. The summed E-state index contributed by atoms with van der Waals surface area (Å²) in [5.41, 5.74) is -0.0136. The number of para-hydroxylation sites is 1. The summed E-state index contributed by atoms with van der Waals surface area (Å²) in [6.45, 7) is 4.93. The van der Waals surface area contributed by atoms with E-state index in [2.05, 4.69) is 15.4 Å². The van der Waals surface area contributed by atoms with E-state index in [9.17, 15) is 23.3 Å². The van der Waals surface area contributed by atoms with E-state index in [1.165, 1.54) is 12.1 Å². The highest BCUT2D eigenvalue weighted by Gasteiger charge is 2.27. The quantitative estimate of drug-likeness (QED) is 0.255. The number of rotatable bonds is 10. The number of anilines is 2. The number of esters is 1. The van der Waals surface area contributed by atoms with Crippen LogP contribution < -0.4 is 15.4 Å². The van der Waals surface area contributed by atoms with Crippen molar-refractivity contribution in [1.82, 2.24) is 4.72 Å². The van der Waals surface area contributed by atoms with Crippen molar-refractivity contribution in [3.05, 3.63) is 57.6 Å². The minimum absolute atomic E-state index is 0.165. The number of benzene rings is 2. The lowest BCUT2D eigenvalue weighted by atomic mass is 10.1. The van der Waals surface area contributed by atoms with Crippen molar-refractivity contribution < 1.29 is 22.9 Å². The molecule has 2 aromatic carbocycles. The molecule has 0 saturated heterocycles. The fourth-order valence-corrected chi connectivity index (χ4v) is 4.45. The largest absolute Gasteiger partial charge is 0.460 e. The molecule has 2 aromatic rings. The molecule has 0 fully saturated rings. The number of halogens is 1. The summed E-state index contributed by atoms with van der Waals surface area (Å²) < 4.78 is 33.3. The maximum atomic E-state index is 12.8. The number of nitrogens with one attached hydrogen (secondary N) is 3. The van der Waals surface area contributed by atoms with Crippen molar-refractivity contribution in [2.75, 3.05) is 24.2 Å². The number of nitrogens with zero attached hydrogens (tertiary/aromatic N) is 1. The van der Waals surface area contributed by atoms with Gasteiger partial charge in [0.2, 0.25) is 10.0 Å². The molecule has 0 unspecified atom stereocenters. The Kier molecular flexibility index (Phi) is 8.64. The van der Waals surface area contributed by atoms with Gasteiger partial charge < -0.3 is 15.4 Å². The van der Waals surface area contributed by atoms with Gasteiger partial charge in [0.25, 0.3) is 5.69 Å². The van der Waals surface area contributed by atoms with Gasteiger partial charge in [-0.3, -0.25) is 14.9 Å². The highest BCUT2D eigenvalue weighted by atomic mass is 35.5. The SMILES string of the molecule is CNc1ccc(N[C@H](CNS(=O)(=O)c2ccccc2[N+](=O)[O-])CC(=O)OC(C)(C)C)cc1Cl. The van der Waals surface area contributed by atoms with Gasteiger partial charge in [0, 0.05) is 25.3 Å². The van der Waals surface area contributed by atoms with Gasteiger partial charge in [-0.05, 0) is 45.0 Å². The van der Waals surface area contributed by atoms with Crippen LogP contribution in [0.25, 0.3) is 0 Å². The Hall–Kier alpha value is -2.89. The third-order valence-corrected chi connectivity index (χ3v) is 6.10. The van der Waals surface area contributed by atoms with E-state index in [-0.39, 0.29) is 13.0 Å². The molecule has 12 heteroatoms. The summed E-state index contributed by atoms with van der Waals surface area (Å²) in [7, 11) is -2.51. The van der Waals surface area contributed by atoms with E-state index in [1.54, 1.807) is 46.0 Å². The van der Waals surface area contributed by atoms with E-state index >= 15 is 0 Å². The Morgan fingerprint density at radius 3 is 2.45 bits per heavy atom. The van der Waals surface area contributed by atoms with Crippen LogP contribution in [0.15, 0.2) is 47.4 Å². The Morgan fingerprint density at radius 1 is 1.21 bits per heavy atom. The topological polar surface area (TPSA) is 140 Å². The molecule has 0 amide bonds. The maximum Gasteiger partial charge on any atom is 0.308 e. The first kappa shape index (κ1) is 26.4. The van der Waals surface area contributed by atoms with Crippen molar-refractivity contribution in [3.63, 3.8) is 0 Å². The number of sulfonamides is 1. The number of hydrogen-bond acceptors (Lipinski definition) is 8. The van der Waals surface area contributed by atoms with Crippen LogP contribution in [-0.4, -0.2) is 44.5 Å². The molecule has 33 heavy (non-hydrogen) atoms. The van der Waals surface area contributed by atoms with Gasteiger partial charge in [-0.1, -0.05) is 23.7 Å². The predicted molar refractivity (Wildman–Crippen MR) is 127 cm³/mol. The molecule has 3 N–H and O–H groups in total. The molecule has 0 saturated carbocycles. The smallest absolute Gasteiger partial charge is 0.308 e. The van der Waals surface area contributed by atoms with Crippen LogP contribution >= 0.6 is 11.6 Å². The molecule has 0 heterocycles. The number of carbonyl (C=O) groups excluding carboxylic acids is 1. The third-order valence-electron chi connectivity index (χ3n) is 4.31. The second kappa shape index (κ2) is 10.8. The molecule has 2 rings (SSSR count). The zero-order valence-electron chi connectivity index (χ0n) is 18.7. The first-order valence-electron chi connectivity index (χ1n) is 10.0. The van der Waals surface area contributed by atoms with Gasteiger partial charge in [-0.2, -0.15) is 0 Å². The normalized spacial score (nSPS) is 12.6. The molecule has 0 spiro atoms. The van der Waals surface area contributed by atoms with Crippen molar-refractivity contribution in [2.24, 2.45) is 0 Å². The van der Waals surface area contributed by atoms with E-state index in [0.717, 1.165) is 12.1 Å². The lowest BCUT2D eigenvalue weighted by molar-refractivity contribution is -0.387. The Bertz CT molecular complexity index is 1120. The average molecular weight is 499 g/mol. The summed E-state index contributed by atoms with van der Waals surface area (Å²) in [6.07, 6.45) is -0.165. The number of nitro benzene ring substituents is 1. The molecular weight excluding hydrogens is 472 g/mol. The van der Waals surface area contributed by atoms with Gasteiger partial charge in [0.05, 0.1) is 28.1 Å². The van der Waals surface area contributed by atoms with E-state index < -0.39 is 43.1 Å². The van der Waals surface area contributed by atoms with Gasteiger partial charge in [0.15, 0.2) is 4.90 Å². The zero-order valence-corrected chi connectivity index (χ0v) is 20.3. The molecule has 10 nitrogen and oxygen atoms in total. The van der Waals surface area contributed by atoms with E-state index in [0.29, 0.717) is 16.4 Å². The zero-order chi connectivity index (χ0) is 24.8. The summed E-state index contributed by atoms with van der Waals surface area (Å²) in [5, 5.41) is 17.7. The maximum absolute atomic E-state index is 12.8. The monoisotopic (exact) mass is 498 g/mol. The summed E-state index contributed by atoms with van der Waals surface area (Å²) in [4.78, 5) is 22.4. The minimum Gasteiger partial charge on any atom is -0.460 e. The molecule has 0 aromatic heterocycles. The fourth-order valence-electron chi connectivity index (χ4n) is 2.93. The van der Waals surface area contributed by atoms with E-state index in [1.807, 2.05) is 0 Å². The lowest BCUT2D eigenvalue weighted by Crippen LogP contribution is -2.39. The molecule has 0 radical (unpaired) electrons. The Morgan fingerprint density at radius 2 is 1.88 bits per heavy atom. The summed E-state index contributed by atoms with van der Waals surface area (Å²) in [6, 6.07) is 9.37. The first-order valence-corrected chi connectivity index (χ1v) is 11.9. The van der Waals surface area contributed by atoms with Gasteiger partial charge in [-0.25, -0.2) is 13.1 Å². The number of hydrogen-bond donors (Lipinski definition) is 3. The van der Waals surface area contributed by atoms with Crippen molar-refractivity contribution in [1.29, 1.82) is 0 Å². The van der Waals surface area contributed by atoms with E-state index in [4.69, 9.17) is 16.3 Å².